The summed E-state index contributed by atoms with van der Waals surface area (Å²) in [7, 11) is 0. The summed E-state index contributed by atoms with van der Waals surface area (Å²) in [6, 6.07) is 8.38. The van der Waals surface area contributed by atoms with Gasteiger partial charge in [0, 0.05) is 11.5 Å². The number of benzene rings is 1. The van der Waals surface area contributed by atoms with Crippen molar-refractivity contribution in [2.75, 3.05) is 6.61 Å². The van der Waals surface area contributed by atoms with Gasteiger partial charge < -0.3 is 4.74 Å². The van der Waals surface area contributed by atoms with Crippen molar-refractivity contribution in [2.24, 2.45) is 23.7 Å². The Morgan fingerprint density at radius 1 is 0.767 bits per heavy atom. The van der Waals surface area contributed by atoms with Crippen LogP contribution >= 0.6 is 0 Å². The molecule has 0 bridgehead atoms. The summed E-state index contributed by atoms with van der Waals surface area (Å²) in [6.45, 7) is 5.37. The molecule has 2 saturated carbocycles. The predicted molar refractivity (Wildman–Crippen MR) is 129 cm³/mol. The first-order valence-electron chi connectivity index (χ1n) is 13.0. The van der Waals surface area contributed by atoms with E-state index in [9.17, 15) is 0 Å². The summed E-state index contributed by atoms with van der Waals surface area (Å²) in [4.78, 5) is 0. The van der Waals surface area contributed by atoms with Crippen LogP contribution in [0, 0.1) is 35.5 Å². The highest BCUT2D eigenvalue weighted by atomic mass is 16.5. The molecule has 1 aromatic carbocycles. The minimum atomic E-state index is 0.604. The second-order valence-electron chi connectivity index (χ2n) is 9.88. The van der Waals surface area contributed by atoms with Crippen molar-refractivity contribution in [1.29, 1.82) is 0 Å². The van der Waals surface area contributed by atoms with E-state index in [0.717, 1.165) is 42.1 Å². The number of ether oxygens (including phenoxy) is 1. The summed E-state index contributed by atoms with van der Waals surface area (Å²) in [6.07, 6.45) is 19.4. The zero-order chi connectivity index (χ0) is 21.0. The minimum absolute atomic E-state index is 0.604. The van der Waals surface area contributed by atoms with E-state index in [1.807, 2.05) is 0 Å². The average molecular weight is 409 g/mol. The van der Waals surface area contributed by atoms with E-state index >= 15 is 0 Å². The van der Waals surface area contributed by atoms with Gasteiger partial charge in [0.15, 0.2) is 0 Å². The van der Waals surface area contributed by atoms with Crippen LogP contribution in [-0.2, 0) is 0 Å². The lowest BCUT2D eigenvalue weighted by molar-refractivity contribution is 0.153. The molecule has 0 N–H and O–H groups in total. The molecule has 1 heteroatoms. The first-order chi connectivity index (χ1) is 14.8. The Labute approximate surface area is 186 Å². The summed E-state index contributed by atoms with van der Waals surface area (Å²) < 4.78 is 5.80. The molecule has 0 amide bonds. The molecule has 0 unspecified atom stereocenters. The van der Waals surface area contributed by atoms with Gasteiger partial charge in [0.1, 0.15) is 5.75 Å². The van der Waals surface area contributed by atoms with Crippen LogP contribution in [0.2, 0.25) is 0 Å². The van der Waals surface area contributed by atoms with Crippen LogP contribution in [0.1, 0.15) is 109 Å². The molecule has 30 heavy (non-hydrogen) atoms. The molecule has 2 aliphatic rings. The predicted octanol–water partition coefficient (Wildman–Crippen LogP) is 8.41. The standard InChI is InChI=1S/C29H44O/c1-3-5-7-23-30-29-21-15-26(16-22-29)10-9-25-13-19-28(20-14-25)27-17-11-24(12-18-27)8-6-4-2/h15-16,21-22,24-25,27-28H,3-8,11-14,17-20,23H2,1-2H3. The highest BCUT2D eigenvalue weighted by Gasteiger charge is 2.30. The van der Waals surface area contributed by atoms with E-state index in [-0.39, 0.29) is 0 Å². The van der Waals surface area contributed by atoms with E-state index in [0.29, 0.717) is 5.92 Å². The van der Waals surface area contributed by atoms with E-state index in [1.165, 1.54) is 83.5 Å². The molecule has 3 rings (SSSR count). The van der Waals surface area contributed by atoms with Gasteiger partial charge in [0.05, 0.1) is 6.61 Å². The van der Waals surface area contributed by atoms with Crippen LogP contribution in [0.5, 0.6) is 5.75 Å². The number of hydrogen-bond donors (Lipinski definition) is 0. The van der Waals surface area contributed by atoms with Gasteiger partial charge >= 0.3 is 0 Å². The summed E-state index contributed by atoms with van der Waals surface area (Å²) in [5, 5.41) is 0. The number of unbranched alkanes of at least 4 members (excludes halogenated alkanes) is 3. The van der Waals surface area contributed by atoms with Gasteiger partial charge in [0.2, 0.25) is 0 Å². The molecule has 1 nitrogen and oxygen atoms in total. The highest BCUT2D eigenvalue weighted by Crippen LogP contribution is 2.42. The van der Waals surface area contributed by atoms with Crippen LogP contribution in [-0.4, -0.2) is 6.61 Å². The first kappa shape index (κ1) is 23.2. The molecule has 0 heterocycles. The third-order valence-corrected chi connectivity index (χ3v) is 7.59. The zero-order valence-corrected chi connectivity index (χ0v) is 19.6. The lowest BCUT2D eigenvalue weighted by Crippen LogP contribution is -2.25. The third kappa shape index (κ3) is 7.68. The van der Waals surface area contributed by atoms with Gasteiger partial charge in [-0.25, -0.2) is 0 Å². The van der Waals surface area contributed by atoms with Crippen LogP contribution in [0.15, 0.2) is 24.3 Å². The molecule has 166 valence electrons. The SMILES string of the molecule is CCCCCOc1ccc(C#CC2CCC(C3CCC(CCCC)CC3)CC2)cc1. The van der Waals surface area contributed by atoms with Crippen LogP contribution in [0.3, 0.4) is 0 Å². The Bertz CT molecular complexity index is 633. The van der Waals surface area contributed by atoms with E-state index in [1.54, 1.807) is 0 Å². The Morgan fingerprint density at radius 2 is 1.40 bits per heavy atom. The molecule has 0 spiro atoms. The molecule has 2 fully saturated rings. The Hall–Kier alpha value is -1.42. The molecule has 0 aromatic heterocycles. The van der Waals surface area contributed by atoms with Crippen molar-refractivity contribution >= 4 is 0 Å². The van der Waals surface area contributed by atoms with Crippen molar-refractivity contribution in [2.45, 2.75) is 104 Å². The van der Waals surface area contributed by atoms with Crippen molar-refractivity contribution in [3.05, 3.63) is 29.8 Å². The second kappa shape index (κ2) is 13.1. The number of hydrogen-bond acceptors (Lipinski definition) is 1. The van der Waals surface area contributed by atoms with Crippen LogP contribution < -0.4 is 4.74 Å². The lowest BCUT2D eigenvalue weighted by Gasteiger charge is -2.37. The van der Waals surface area contributed by atoms with Gasteiger partial charge in [-0.15, -0.1) is 0 Å². The molecular formula is C29H44O. The average Bonchev–Trinajstić information content (AvgIpc) is 2.81. The summed E-state index contributed by atoms with van der Waals surface area (Å²) >= 11 is 0. The molecule has 1 aromatic rings. The summed E-state index contributed by atoms with van der Waals surface area (Å²) in [5.74, 6) is 11.6. The zero-order valence-electron chi connectivity index (χ0n) is 19.6. The van der Waals surface area contributed by atoms with Gasteiger partial charge in [-0.3, -0.25) is 0 Å². The molecule has 0 aliphatic heterocycles. The van der Waals surface area contributed by atoms with E-state index in [4.69, 9.17) is 4.74 Å². The smallest absolute Gasteiger partial charge is 0.119 e. The lowest BCUT2D eigenvalue weighted by atomic mass is 9.69. The molecule has 0 saturated heterocycles. The van der Waals surface area contributed by atoms with E-state index in [2.05, 4.69) is 50.0 Å². The monoisotopic (exact) mass is 408 g/mol. The Kier molecular flexibility index (Phi) is 10.1. The van der Waals surface area contributed by atoms with Gasteiger partial charge in [-0.2, -0.15) is 0 Å². The molecular weight excluding hydrogens is 364 g/mol. The highest BCUT2D eigenvalue weighted by molar-refractivity contribution is 5.38. The van der Waals surface area contributed by atoms with Gasteiger partial charge in [-0.05, 0) is 87.0 Å². The van der Waals surface area contributed by atoms with Crippen molar-refractivity contribution in [3.63, 3.8) is 0 Å². The largest absolute Gasteiger partial charge is 0.494 e. The quantitative estimate of drug-likeness (QED) is 0.294. The van der Waals surface area contributed by atoms with Crippen molar-refractivity contribution in [1.82, 2.24) is 0 Å². The fourth-order valence-corrected chi connectivity index (χ4v) is 5.54. The van der Waals surface area contributed by atoms with Crippen molar-refractivity contribution in [3.8, 4) is 17.6 Å². The van der Waals surface area contributed by atoms with E-state index < -0.39 is 0 Å². The third-order valence-electron chi connectivity index (χ3n) is 7.59. The topological polar surface area (TPSA) is 9.23 Å². The second-order valence-corrected chi connectivity index (χ2v) is 9.88. The van der Waals surface area contributed by atoms with Gasteiger partial charge in [0.25, 0.3) is 0 Å². The maximum Gasteiger partial charge on any atom is 0.119 e. The maximum absolute atomic E-state index is 5.80. The fourth-order valence-electron chi connectivity index (χ4n) is 5.54. The molecule has 0 radical (unpaired) electrons. The first-order valence-corrected chi connectivity index (χ1v) is 13.0. The van der Waals surface area contributed by atoms with Gasteiger partial charge in [-0.1, -0.05) is 70.6 Å². The normalized spacial score (nSPS) is 26.6. The fraction of sp³-hybridized carbons (Fsp3) is 0.724. The number of rotatable bonds is 9. The Morgan fingerprint density at radius 3 is 2.03 bits per heavy atom. The summed E-state index contributed by atoms with van der Waals surface area (Å²) in [5.41, 5.74) is 1.13. The molecule has 2 aliphatic carbocycles. The Balaban J connectivity index is 1.37. The molecule has 0 atom stereocenters. The van der Waals surface area contributed by atoms with Crippen LogP contribution in [0.4, 0.5) is 0 Å². The maximum atomic E-state index is 5.80. The minimum Gasteiger partial charge on any atom is -0.494 e. The van der Waals surface area contributed by atoms with Crippen molar-refractivity contribution < 1.29 is 4.74 Å². The van der Waals surface area contributed by atoms with Crippen LogP contribution in [0.25, 0.3) is 0 Å².